The Morgan fingerprint density at radius 2 is 1.23 bits per heavy atom. The summed E-state index contributed by atoms with van der Waals surface area (Å²) in [6, 6.07) is 42.6. The number of non-ortho nitro benzene ring substituents is 1. The van der Waals surface area contributed by atoms with Gasteiger partial charge in [-0.3, -0.25) is 19.7 Å². The molecule has 1 saturated carbocycles. The number of Topliss-reactive ketones (excluding diaryl/α,β-unsaturated/α-hetero) is 1. The lowest BCUT2D eigenvalue weighted by molar-refractivity contribution is -0.384. The monoisotopic (exact) mass is 828 g/mol. The van der Waals surface area contributed by atoms with E-state index in [4.69, 9.17) is 18.9 Å². The molecule has 0 unspecified atom stereocenters. The van der Waals surface area contributed by atoms with E-state index in [9.17, 15) is 19.7 Å². The number of likely N-dealkylation sites (tertiary alicyclic amines) is 1. The van der Waals surface area contributed by atoms with Crippen molar-refractivity contribution in [2.45, 2.75) is 57.6 Å². The quantitative estimate of drug-likeness (QED) is 0.0388. The minimum absolute atomic E-state index is 0.0775. The van der Waals surface area contributed by atoms with Gasteiger partial charge in [-0.2, -0.15) is 0 Å². The largest absolute Gasteiger partial charge is 0.508 e. The summed E-state index contributed by atoms with van der Waals surface area (Å²) in [5.74, 6) is -3.27. The van der Waals surface area contributed by atoms with E-state index in [1.165, 1.54) is 36.3 Å². The number of carbonyl (C=O) groups is 4. The Kier molecular flexibility index (Phi) is 13.0. The van der Waals surface area contributed by atoms with E-state index in [2.05, 4.69) is 0 Å². The normalized spacial score (nSPS) is 19.4. The fourth-order valence-corrected chi connectivity index (χ4v) is 12.8. The van der Waals surface area contributed by atoms with Crippen LogP contribution in [0.25, 0.3) is 0 Å². The van der Waals surface area contributed by atoms with Crippen molar-refractivity contribution in [3.63, 3.8) is 0 Å². The molecule has 1 aliphatic heterocycles. The van der Waals surface area contributed by atoms with Gasteiger partial charge in [-0.1, -0.05) is 121 Å². The molecule has 1 aliphatic carbocycles. The molecular formula is C47H45N2O10P. The van der Waals surface area contributed by atoms with Gasteiger partial charge in [-0.05, 0) is 65.4 Å². The zero-order chi connectivity index (χ0) is 42.2. The Hall–Kier alpha value is -6.36. The topological polar surface area (TPSA) is 152 Å². The molecule has 0 N–H and O–H groups in total. The van der Waals surface area contributed by atoms with E-state index in [1.54, 1.807) is 6.92 Å². The average Bonchev–Trinajstić information content (AvgIpc) is 3.28. The summed E-state index contributed by atoms with van der Waals surface area (Å²) < 4.78 is 23.0. The molecule has 0 aromatic heterocycles. The first-order valence-electron chi connectivity index (χ1n) is 19.8. The summed E-state index contributed by atoms with van der Waals surface area (Å²) in [4.78, 5) is 70.2. The maximum atomic E-state index is 15.3. The maximum absolute atomic E-state index is 15.3. The van der Waals surface area contributed by atoms with Crippen molar-refractivity contribution in [1.82, 2.24) is 4.90 Å². The summed E-state index contributed by atoms with van der Waals surface area (Å²) in [5, 5.41) is 13.5. The van der Waals surface area contributed by atoms with Crippen molar-refractivity contribution in [1.29, 1.82) is 0 Å². The van der Waals surface area contributed by atoms with E-state index in [0.29, 0.717) is 24.8 Å². The third-order valence-corrected chi connectivity index (χ3v) is 15.5. The molecular weight excluding hydrogens is 783 g/mol. The highest BCUT2D eigenvalue weighted by Gasteiger charge is 2.61. The lowest BCUT2D eigenvalue weighted by Gasteiger charge is -2.54. The van der Waals surface area contributed by atoms with Crippen LogP contribution in [0.1, 0.15) is 37.3 Å². The fraction of sp³-hybridized carbons (Fsp3) is 0.255. The molecule has 60 heavy (non-hydrogen) atoms. The molecule has 0 bridgehead atoms. The van der Waals surface area contributed by atoms with Crippen LogP contribution in [0, 0.1) is 22.0 Å². The summed E-state index contributed by atoms with van der Waals surface area (Å²) >= 11 is 0. The number of hydrogen-bond donors (Lipinski definition) is 0. The van der Waals surface area contributed by atoms with Gasteiger partial charge < -0.3 is 23.8 Å². The first kappa shape index (κ1) is 41.8. The van der Waals surface area contributed by atoms with Crippen molar-refractivity contribution in [2.24, 2.45) is 11.8 Å². The number of nitro benzene ring substituents is 1. The lowest BCUT2D eigenvalue weighted by atomic mass is 9.69. The molecule has 1 heterocycles. The minimum Gasteiger partial charge on any atom is -0.456 e. The first-order valence-corrected chi connectivity index (χ1v) is 21.5. The molecule has 0 radical (unpaired) electrons. The second-order valence-electron chi connectivity index (χ2n) is 14.7. The van der Waals surface area contributed by atoms with Gasteiger partial charge in [0.1, 0.15) is 30.8 Å². The van der Waals surface area contributed by atoms with Gasteiger partial charge in [0, 0.05) is 32.0 Å². The minimum atomic E-state index is -3.34. The third kappa shape index (κ3) is 8.39. The van der Waals surface area contributed by atoms with Gasteiger partial charge in [0.15, 0.2) is 5.78 Å². The SMILES string of the molecule is CO[C@H]1CCC[C@H]([C@@H]2[C@@H]([C@@H](C)OC(=O)OCc3ccc([N+](=O)[O-])cc3)C(=O)N2C(C(=O)OCc2ccccc2)=P(c2ccccc2)(c2ccccc2)c2ccccc2)C1=O. The molecule has 12 nitrogen and oxygen atoms in total. The number of hydrogen-bond acceptors (Lipinski definition) is 10. The number of ketones is 1. The molecule has 1 amide bonds. The summed E-state index contributed by atoms with van der Waals surface area (Å²) in [6.07, 6.45) is -1.37. The molecule has 308 valence electrons. The number of ether oxygens (including phenoxy) is 4. The van der Waals surface area contributed by atoms with Crippen LogP contribution >= 0.6 is 6.89 Å². The molecule has 1 saturated heterocycles. The van der Waals surface area contributed by atoms with Crippen molar-refractivity contribution in [3.8, 4) is 0 Å². The first-order chi connectivity index (χ1) is 29.1. The Morgan fingerprint density at radius 1 is 0.733 bits per heavy atom. The van der Waals surface area contributed by atoms with Gasteiger partial charge in [0.25, 0.3) is 5.69 Å². The molecule has 5 atom stereocenters. The van der Waals surface area contributed by atoms with Crippen molar-refractivity contribution >= 4 is 57.7 Å². The predicted octanol–water partition coefficient (Wildman–Crippen LogP) is 6.72. The van der Waals surface area contributed by atoms with Gasteiger partial charge in [0.05, 0.1) is 16.9 Å². The zero-order valence-corrected chi connectivity index (χ0v) is 34.1. The highest BCUT2D eigenvalue weighted by Crippen LogP contribution is 2.51. The fourth-order valence-electron chi connectivity index (χ4n) is 8.37. The highest BCUT2D eigenvalue weighted by atomic mass is 31.2. The Labute approximate surface area is 348 Å². The van der Waals surface area contributed by atoms with Gasteiger partial charge in [-0.25, -0.2) is 9.59 Å². The number of nitro groups is 1. The van der Waals surface area contributed by atoms with Crippen molar-refractivity contribution < 1.29 is 43.0 Å². The van der Waals surface area contributed by atoms with E-state index < -0.39 is 59.9 Å². The second-order valence-corrected chi connectivity index (χ2v) is 18.1. The summed E-state index contributed by atoms with van der Waals surface area (Å²) in [7, 11) is 1.48. The van der Waals surface area contributed by atoms with Crippen LogP contribution in [0.2, 0.25) is 0 Å². The zero-order valence-electron chi connectivity index (χ0n) is 33.2. The lowest BCUT2D eigenvalue weighted by Crippen LogP contribution is -2.72. The number of rotatable bonds is 14. The Bertz CT molecular complexity index is 2270. The predicted molar refractivity (Wildman–Crippen MR) is 227 cm³/mol. The smallest absolute Gasteiger partial charge is 0.456 e. The molecule has 13 heteroatoms. The highest BCUT2D eigenvalue weighted by molar-refractivity contribution is 7.96. The number of β-lactam (4-membered cyclic amide) rings is 1. The molecule has 2 aliphatic rings. The standard InChI is InChI=1S/C47H45N2O10P/c1-32(59-47(53)58-31-34-26-28-35(29-27-34)49(54)55)41-42(39-24-15-25-40(56-2)43(39)50)48(44(41)51)45(46(52)57-30-33-16-7-3-8-17-33)60(36-18-9-4-10-19-36,37-20-11-5-12-21-37)38-22-13-6-14-23-38/h3-14,16-23,26-29,32,39-42H,15,24-25,30-31H2,1-2H3/t32-,39-,40+,41-,42-/m1/s1. The second kappa shape index (κ2) is 18.7. The Balaban J connectivity index is 1.38. The van der Waals surface area contributed by atoms with Gasteiger partial charge in [-0.15, -0.1) is 0 Å². The number of methoxy groups -OCH3 is 1. The van der Waals surface area contributed by atoms with Crippen LogP contribution < -0.4 is 15.9 Å². The number of amides is 1. The van der Waals surface area contributed by atoms with Crippen molar-refractivity contribution in [3.05, 3.63) is 167 Å². The van der Waals surface area contributed by atoms with E-state index in [1.807, 2.05) is 121 Å². The molecule has 0 spiro atoms. The molecule has 5 aromatic rings. The van der Waals surface area contributed by atoms with E-state index in [0.717, 1.165) is 21.5 Å². The number of esters is 1. The molecule has 5 aromatic carbocycles. The van der Waals surface area contributed by atoms with Gasteiger partial charge in [0.2, 0.25) is 5.91 Å². The van der Waals surface area contributed by atoms with E-state index in [-0.39, 0.29) is 30.1 Å². The summed E-state index contributed by atoms with van der Waals surface area (Å²) in [5.41, 5.74) is 1.23. The number of nitrogens with zero attached hydrogens (tertiary/aromatic N) is 2. The summed E-state index contributed by atoms with van der Waals surface area (Å²) in [6.45, 7) is -2.08. The van der Waals surface area contributed by atoms with Crippen LogP contribution in [-0.4, -0.2) is 64.4 Å². The van der Waals surface area contributed by atoms with Crippen LogP contribution in [0.5, 0.6) is 0 Å². The van der Waals surface area contributed by atoms with Crippen LogP contribution in [0.3, 0.4) is 0 Å². The number of benzene rings is 5. The molecule has 2 fully saturated rings. The molecule has 7 rings (SSSR count). The maximum Gasteiger partial charge on any atom is 0.508 e. The Morgan fingerprint density at radius 3 is 1.75 bits per heavy atom. The van der Waals surface area contributed by atoms with Crippen LogP contribution in [0.15, 0.2) is 146 Å². The van der Waals surface area contributed by atoms with Crippen molar-refractivity contribution in [2.75, 3.05) is 7.11 Å². The number of carbonyl (C=O) groups excluding carboxylic acids is 4. The van der Waals surface area contributed by atoms with Crippen LogP contribution in [-0.2, 0) is 46.5 Å². The van der Waals surface area contributed by atoms with Crippen LogP contribution in [0.4, 0.5) is 10.5 Å². The van der Waals surface area contributed by atoms with E-state index >= 15 is 9.59 Å². The third-order valence-electron chi connectivity index (χ3n) is 11.2. The average molecular weight is 829 g/mol. The van der Waals surface area contributed by atoms with Gasteiger partial charge >= 0.3 is 12.1 Å².